The lowest BCUT2D eigenvalue weighted by Gasteiger charge is -2.58. The fourth-order valence-electron chi connectivity index (χ4n) is 9.86. The largest absolute Gasteiger partial charge is 0.519 e. The molecule has 2 aromatic carbocycles. The summed E-state index contributed by atoms with van der Waals surface area (Å²) in [6, 6.07) is 17.6. The molecule has 3 saturated carbocycles. The number of carbonyl (C=O) groups is 1. The highest BCUT2D eigenvalue weighted by molar-refractivity contribution is 5.66. The van der Waals surface area contributed by atoms with Gasteiger partial charge in [-0.25, -0.2) is 4.79 Å². The molecular weight excluding hydrogens is 544 g/mol. The van der Waals surface area contributed by atoms with Gasteiger partial charge >= 0.3 is 6.16 Å². The van der Waals surface area contributed by atoms with Gasteiger partial charge in [0, 0.05) is 0 Å². The molecule has 2 aromatic rings. The average molecular weight is 601 g/mol. The number of benzene rings is 2. The van der Waals surface area contributed by atoms with Gasteiger partial charge in [0.2, 0.25) is 0 Å². The van der Waals surface area contributed by atoms with Gasteiger partial charge in [-0.3, -0.25) is 0 Å². The van der Waals surface area contributed by atoms with Gasteiger partial charge in [0.25, 0.3) is 0 Å². The maximum Gasteiger partial charge on any atom is 0.519 e. The van der Waals surface area contributed by atoms with Crippen molar-refractivity contribution >= 4 is 6.16 Å². The first kappa shape index (κ1) is 32.8. The summed E-state index contributed by atoms with van der Waals surface area (Å²) < 4.78 is 9.91. The molecule has 0 saturated heterocycles. The lowest BCUT2D eigenvalue weighted by molar-refractivity contribution is -0.0573. The van der Waals surface area contributed by atoms with E-state index in [-0.39, 0.29) is 6.10 Å². The minimum Gasteiger partial charge on any atom is -0.395 e. The monoisotopic (exact) mass is 600 g/mol. The molecule has 8 atom stereocenters. The zero-order chi connectivity index (χ0) is 31.3. The summed E-state index contributed by atoms with van der Waals surface area (Å²) in [5.74, 6) is 6.38. The van der Waals surface area contributed by atoms with Crippen LogP contribution in [-0.2, 0) is 0 Å². The van der Waals surface area contributed by atoms with E-state index < -0.39 is 6.16 Å². The molecular formula is C40H56O4. The summed E-state index contributed by atoms with van der Waals surface area (Å²) in [7, 11) is 0. The van der Waals surface area contributed by atoms with Gasteiger partial charge in [0.1, 0.15) is 11.5 Å². The van der Waals surface area contributed by atoms with Crippen molar-refractivity contribution in [3.8, 4) is 11.5 Å². The predicted octanol–water partition coefficient (Wildman–Crippen LogP) is 10.7. The van der Waals surface area contributed by atoms with Gasteiger partial charge < -0.3 is 14.6 Å². The number of allylic oxidation sites excluding steroid dienone is 1. The van der Waals surface area contributed by atoms with Crippen molar-refractivity contribution in [2.24, 2.45) is 46.3 Å². The van der Waals surface area contributed by atoms with Crippen LogP contribution in [-0.4, -0.2) is 17.4 Å². The quantitative estimate of drug-likeness (QED) is 0.195. The lowest BCUT2D eigenvalue weighted by Crippen LogP contribution is -2.50. The fourth-order valence-corrected chi connectivity index (χ4v) is 9.86. The lowest BCUT2D eigenvalue weighted by atomic mass is 9.47. The molecule has 0 bridgehead atoms. The molecule has 4 heteroatoms. The Bertz CT molecular complexity index is 1200. The van der Waals surface area contributed by atoms with Crippen LogP contribution in [0.5, 0.6) is 11.5 Å². The number of aliphatic hydroxyl groups is 1. The predicted molar refractivity (Wildman–Crippen MR) is 179 cm³/mol. The summed E-state index contributed by atoms with van der Waals surface area (Å²) in [6.07, 6.45) is 16.4. The zero-order valence-corrected chi connectivity index (χ0v) is 27.8. The molecule has 4 nitrogen and oxygen atoms in total. The number of hydrogen-bond acceptors (Lipinski definition) is 4. The van der Waals surface area contributed by atoms with E-state index in [2.05, 4.69) is 40.7 Å². The Morgan fingerprint density at radius 2 is 1.48 bits per heavy atom. The highest BCUT2D eigenvalue weighted by Gasteiger charge is 2.59. The molecule has 0 heterocycles. The van der Waals surface area contributed by atoms with Gasteiger partial charge in [-0.15, -0.1) is 0 Å². The molecule has 240 valence electrons. The third kappa shape index (κ3) is 7.27. The summed E-state index contributed by atoms with van der Waals surface area (Å²) in [6.45, 7) is 12.6. The van der Waals surface area contributed by atoms with Crippen molar-refractivity contribution in [1.29, 1.82) is 0 Å². The van der Waals surface area contributed by atoms with E-state index in [4.69, 9.17) is 9.47 Å². The number of aliphatic hydroxyl groups excluding tert-OH is 1. The van der Waals surface area contributed by atoms with Crippen LogP contribution in [0.25, 0.3) is 0 Å². The SMILES string of the molecule is CC(C)CCC[C@@H](C)[C@H]1CC[C@H]2[C@@H]3CC=C4C[C@@H](O)CC[C@]4(C)[C@H]3CC[C@]12C.O=C(Oc1ccccc1)Oc1ccccc1. The standard InChI is InChI=1S/C27H46O.C13H10O3/c1-18(2)7-6-8-19(3)23-11-12-24-22-10-9-20-17-21(28)13-15-26(20,4)25(22)14-16-27(23,24)5;14-13(15-11-7-3-1-4-8-11)16-12-9-5-2-6-10-12/h9,18-19,21-25,28H,6-8,10-17H2,1-5H3;1-10H/t19-,21+,22+,23-,24+,25+,26+,27-;/m1./s1. The summed E-state index contributed by atoms with van der Waals surface area (Å²) >= 11 is 0. The van der Waals surface area contributed by atoms with Crippen LogP contribution in [0.2, 0.25) is 0 Å². The van der Waals surface area contributed by atoms with E-state index in [1.807, 2.05) is 12.1 Å². The van der Waals surface area contributed by atoms with Crippen molar-refractivity contribution < 1.29 is 19.4 Å². The number of para-hydroxylation sites is 2. The van der Waals surface area contributed by atoms with E-state index in [1.165, 1.54) is 57.8 Å². The highest BCUT2D eigenvalue weighted by Crippen LogP contribution is 2.67. The van der Waals surface area contributed by atoms with Crippen LogP contribution in [0, 0.1) is 46.3 Å². The van der Waals surface area contributed by atoms with E-state index >= 15 is 0 Å². The minimum absolute atomic E-state index is 0.0766. The molecule has 6 rings (SSSR count). The molecule has 0 aliphatic heterocycles. The third-order valence-corrected chi connectivity index (χ3v) is 12.2. The molecule has 0 amide bonds. The summed E-state index contributed by atoms with van der Waals surface area (Å²) in [5, 5.41) is 10.2. The highest BCUT2D eigenvalue weighted by atomic mass is 16.7. The minimum atomic E-state index is -0.739. The molecule has 3 fully saturated rings. The first-order chi connectivity index (χ1) is 21.1. The number of carbonyl (C=O) groups excluding carboxylic acids is 1. The number of ether oxygens (including phenoxy) is 2. The van der Waals surface area contributed by atoms with Crippen molar-refractivity contribution in [2.75, 3.05) is 0 Å². The van der Waals surface area contributed by atoms with Gasteiger partial charge in [-0.2, -0.15) is 0 Å². The molecule has 0 unspecified atom stereocenters. The molecule has 1 N–H and O–H groups in total. The van der Waals surface area contributed by atoms with Gasteiger partial charge in [0.15, 0.2) is 0 Å². The third-order valence-electron chi connectivity index (χ3n) is 12.2. The summed E-state index contributed by atoms with van der Waals surface area (Å²) in [5.41, 5.74) is 2.60. The molecule has 0 aromatic heterocycles. The number of rotatable bonds is 7. The zero-order valence-electron chi connectivity index (χ0n) is 27.8. The van der Waals surface area contributed by atoms with Crippen molar-refractivity contribution in [1.82, 2.24) is 0 Å². The van der Waals surface area contributed by atoms with Crippen LogP contribution in [0.4, 0.5) is 4.79 Å². The van der Waals surface area contributed by atoms with E-state index in [9.17, 15) is 9.90 Å². The molecule has 4 aliphatic rings. The van der Waals surface area contributed by atoms with E-state index in [1.54, 1.807) is 54.1 Å². The normalized spacial score (nSPS) is 33.1. The van der Waals surface area contributed by atoms with Crippen LogP contribution >= 0.6 is 0 Å². The second kappa shape index (κ2) is 14.2. The van der Waals surface area contributed by atoms with Crippen molar-refractivity contribution in [2.45, 2.75) is 111 Å². The Morgan fingerprint density at radius 1 is 0.841 bits per heavy atom. The van der Waals surface area contributed by atoms with Crippen LogP contribution in [0.3, 0.4) is 0 Å². The van der Waals surface area contributed by atoms with E-state index in [0.717, 1.165) is 48.3 Å². The molecule has 0 radical (unpaired) electrons. The Kier molecular flexibility index (Phi) is 10.6. The van der Waals surface area contributed by atoms with Crippen LogP contribution < -0.4 is 9.47 Å². The molecule has 4 aliphatic carbocycles. The van der Waals surface area contributed by atoms with Gasteiger partial charge in [-0.05, 0) is 122 Å². The second-order valence-corrected chi connectivity index (χ2v) is 15.3. The van der Waals surface area contributed by atoms with Crippen LogP contribution in [0.15, 0.2) is 72.3 Å². The average Bonchev–Trinajstić information content (AvgIpc) is 3.36. The smallest absolute Gasteiger partial charge is 0.395 e. The second-order valence-electron chi connectivity index (χ2n) is 15.3. The number of hydrogen-bond donors (Lipinski definition) is 1. The van der Waals surface area contributed by atoms with E-state index in [0.29, 0.717) is 22.3 Å². The van der Waals surface area contributed by atoms with Gasteiger partial charge in [0.05, 0.1) is 6.10 Å². The first-order valence-corrected chi connectivity index (χ1v) is 17.5. The topological polar surface area (TPSA) is 55.8 Å². The Morgan fingerprint density at radius 3 is 2.09 bits per heavy atom. The summed E-state index contributed by atoms with van der Waals surface area (Å²) in [4.78, 5) is 11.3. The maximum atomic E-state index is 11.3. The van der Waals surface area contributed by atoms with Crippen molar-refractivity contribution in [3.05, 3.63) is 72.3 Å². The Hall–Kier alpha value is -2.59. The maximum absolute atomic E-state index is 11.3. The molecule has 0 spiro atoms. The van der Waals surface area contributed by atoms with Crippen molar-refractivity contribution in [3.63, 3.8) is 0 Å². The fraction of sp³-hybridized carbons (Fsp3) is 0.625. The Labute approximate surface area is 266 Å². The first-order valence-electron chi connectivity index (χ1n) is 17.5. The number of fused-ring (bicyclic) bond motifs is 5. The Balaban J connectivity index is 0.000000204. The van der Waals surface area contributed by atoms with Crippen LogP contribution in [0.1, 0.15) is 105 Å². The van der Waals surface area contributed by atoms with Gasteiger partial charge in [-0.1, -0.05) is 102 Å². The molecule has 44 heavy (non-hydrogen) atoms.